The Morgan fingerprint density at radius 3 is 2.48 bits per heavy atom. The highest BCUT2D eigenvalue weighted by Crippen LogP contribution is 2.33. The van der Waals surface area contributed by atoms with Crippen molar-refractivity contribution in [3.63, 3.8) is 0 Å². The van der Waals surface area contributed by atoms with Crippen molar-refractivity contribution >= 4 is 21.4 Å². The van der Waals surface area contributed by atoms with Crippen molar-refractivity contribution in [1.82, 2.24) is 4.90 Å². The molecule has 168 valence electrons. The molecule has 2 aliphatic heterocycles. The summed E-state index contributed by atoms with van der Waals surface area (Å²) in [5.74, 6) is 0.916. The zero-order valence-electron chi connectivity index (χ0n) is 18.2. The smallest absolute Gasteiger partial charge is 0.232 e. The molecule has 0 aliphatic carbocycles. The lowest BCUT2D eigenvalue weighted by Crippen LogP contribution is -2.47. The summed E-state index contributed by atoms with van der Waals surface area (Å²) in [4.78, 5) is 4.61. The number of hydrogen-bond acceptors (Lipinski definition) is 6. The average molecular weight is 446 g/mol. The van der Waals surface area contributed by atoms with E-state index in [-0.39, 0.29) is 0 Å². The summed E-state index contributed by atoms with van der Waals surface area (Å²) in [6.45, 7) is 7.16. The molecule has 0 spiro atoms. The molecule has 0 bridgehead atoms. The first-order valence-electron chi connectivity index (χ1n) is 10.8. The molecule has 0 amide bonds. The van der Waals surface area contributed by atoms with Gasteiger partial charge in [0.1, 0.15) is 5.75 Å². The number of aliphatic hydroxyl groups excluding tert-OH is 1. The third kappa shape index (κ3) is 4.81. The van der Waals surface area contributed by atoms with Gasteiger partial charge < -0.3 is 14.7 Å². The number of nitrogens with zero attached hydrogens (tertiary/aromatic N) is 3. The number of ether oxygens (including phenoxy) is 1. The van der Waals surface area contributed by atoms with Crippen LogP contribution in [-0.2, 0) is 16.4 Å². The zero-order valence-corrected chi connectivity index (χ0v) is 19.0. The van der Waals surface area contributed by atoms with Crippen LogP contribution in [0.2, 0.25) is 0 Å². The molecule has 2 heterocycles. The van der Waals surface area contributed by atoms with E-state index in [2.05, 4.69) is 15.9 Å². The van der Waals surface area contributed by atoms with E-state index in [1.165, 1.54) is 10.6 Å². The molecule has 0 aromatic heterocycles. The Bertz CT molecular complexity index is 1020. The summed E-state index contributed by atoms with van der Waals surface area (Å²) < 4.78 is 31.1. The summed E-state index contributed by atoms with van der Waals surface area (Å²) in [6, 6.07) is 13.8. The molecule has 0 radical (unpaired) electrons. The van der Waals surface area contributed by atoms with Gasteiger partial charge in [0.05, 0.1) is 30.3 Å². The summed E-state index contributed by atoms with van der Waals surface area (Å²) in [5, 5.41) is 10.8. The van der Waals surface area contributed by atoms with Crippen LogP contribution >= 0.6 is 0 Å². The largest absolute Gasteiger partial charge is 0.492 e. The van der Waals surface area contributed by atoms with E-state index < -0.39 is 16.1 Å². The standard InChI is InChI=1S/C23H31N3O4S/c1-3-30-23-7-5-4-6-21(23)25-14-12-24(13-15-25)17-22(27)19-8-9-20-18(16-19)10-11-26(20)31(2,28)29/h4-9,16,22,27H,3,10-15,17H2,1-2H3. The monoisotopic (exact) mass is 445 g/mol. The molecule has 1 atom stereocenters. The van der Waals surface area contributed by atoms with E-state index >= 15 is 0 Å². The first kappa shape index (κ1) is 21.9. The molecule has 1 unspecified atom stereocenters. The minimum atomic E-state index is -3.26. The first-order valence-corrected chi connectivity index (χ1v) is 12.7. The molecular formula is C23H31N3O4S. The third-order valence-corrected chi connectivity index (χ3v) is 7.23. The van der Waals surface area contributed by atoms with Gasteiger partial charge in [-0.2, -0.15) is 0 Å². The van der Waals surface area contributed by atoms with Gasteiger partial charge in [-0.1, -0.05) is 24.3 Å². The van der Waals surface area contributed by atoms with E-state index in [4.69, 9.17) is 4.74 Å². The molecule has 2 aromatic rings. The van der Waals surface area contributed by atoms with E-state index in [1.807, 2.05) is 43.3 Å². The molecule has 2 aliphatic rings. The normalized spacial score (nSPS) is 18.2. The van der Waals surface area contributed by atoms with Crippen molar-refractivity contribution in [2.75, 3.05) is 61.3 Å². The maximum absolute atomic E-state index is 11.9. The number of β-amino-alcohol motifs (C(OH)–C–C–N with tert-alkyl or cyclic N) is 1. The Morgan fingerprint density at radius 2 is 1.77 bits per heavy atom. The number of piperazine rings is 1. The number of fused-ring (bicyclic) bond motifs is 1. The van der Waals surface area contributed by atoms with E-state index in [1.54, 1.807) is 0 Å². The number of aliphatic hydroxyl groups is 1. The molecule has 1 fully saturated rings. The predicted molar refractivity (Wildman–Crippen MR) is 124 cm³/mol. The topological polar surface area (TPSA) is 73.3 Å². The van der Waals surface area contributed by atoms with Gasteiger partial charge in [0.25, 0.3) is 0 Å². The minimum absolute atomic E-state index is 0.471. The van der Waals surface area contributed by atoms with Crippen LogP contribution in [0.4, 0.5) is 11.4 Å². The van der Waals surface area contributed by atoms with Gasteiger partial charge in [0, 0.05) is 39.3 Å². The highest BCUT2D eigenvalue weighted by Gasteiger charge is 2.27. The number of benzene rings is 2. The van der Waals surface area contributed by atoms with Crippen molar-refractivity contribution < 1.29 is 18.3 Å². The Balaban J connectivity index is 1.36. The number of sulfonamides is 1. The van der Waals surface area contributed by atoms with Gasteiger partial charge in [-0.25, -0.2) is 8.42 Å². The van der Waals surface area contributed by atoms with Gasteiger partial charge in [0.15, 0.2) is 0 Å². The second-order valence-electron chi connectivity index (χ2n) is 8.18. The van der Waals surface area contributed by atoms with Crippen molar-refractivity contribution in [2.45, 2.75) is 19.4 Å². The summed E-state index contributed by atoms with van der Waals surface area (Å²) >= 11 is 0. The molecular weight excluding hydrogens is 414 g/mol. The maximum Gasteiger partial charge on any atom is 0.232 e. The van der Waals surface area contributed by atoms with E-state index in [0.717, 1.165) is 54.4 Å². The molecule has 4 rings (SSSR count). The number of anilines is 2. The van der Waals surface area contributed by atoms with Crippen LogP contribution in [0.25, 0.3) is 0 Å². The first-order chi connectivity index (χ1) is 14.9. The van der Waals surface area contributed by atoms with Crippen molar-refractivity contribution in [3.8, 4) is 5.75 Å². The summed E-state index contributed by atoms with van der Waals surface area (Å²) in [7, 11) is -3.26. The Hall–Kier alpha value is -2.29. The Morgan fingerprint density at radius 1 is 1.03 bits per heavy atom. The fraction of sp³-hybridized carbons (Fsp3) is 0.478. The van der Waals surface area contributed by atoms with Gasteiger partial charge >= 0.3 is 0 Å². The van der Waals surface area contributed by atoms with Crippen LogP contribution in [0.1, 0.15) is 24.2 Å². The molecule has 8 heteroatoms. The maximum atomic E-state index is 11.9. The van der Waals surface area contributed by atoms with Gasteiger partial charge in [-0.3, -0.25) is 9.21 Å². The fourth-order valence-electron chi connectivity index (χ4n) is 4.46. The van der Waals surface area contributed by atoms with Crippen LogP contribution in [-0.4, -0.2) is 70.6 Å². The fourth-order valence-corrected chi connectivity index (χ4v) is 5.42. The third-order valence-electron chi connectivity index (χ3n) is 6.05. The minimum Gasteiger partial charge on any atom is -0.492 e. The summed E-state index contributed by atoms with van der Waals surface area (Å²) in [5.41, 5.74) is 3.69. The molecule has 0 saturated carbocycles. The van der Waals surface area contributed by atoms with Gasteiger partial charge in [0.2, 0.25) is 10.0 Å². The van der Waals surface area contributed by atoms with Crippen LogP contribution < -0.4 is 13.9 Å². The Labute approximate surface area is 184 Å². The van der Waals surface area contributed by atoms with Crippen molar-refractivity contribution in [1.29, 1.82) is 0 Å². The van der Waals surface area contributed by atoms with Crippen molar-refractivity contribution in [2.24, 2.45) is 0 Å². The van der Waals surface area contributed by atoms with E-state index in [9.17, 15) is 13.5 Å². The Kier molecular flexibility index (Phi) is 6.41. The molecule has 1 N–H and O–H groups in total. The van der Waals surface area contributed by atoms with Gasteiger partial charge in [-0.05, 0) is 42.7 Å². The lowest BCUT2D eigenvalue weighted by Gasteiger charge is -2.37. The van der Waals surface area contributed by atoms with Crippen LogP contribution in [0.3, 0.4) is 0 Å². The average Bonchev–Trinajstić information content (AvgIpc) is 3.19. The number of hydrogen-bond donors (Lipinski definition) is 1. The predicted octanol–water partition coefficient (Wildman–Crippen LogP) is 2.26. The highest BCUT2D eigenvalue weighted by atomic mass is 32.2. The summed E-state index contributed by atoms with van der Waals surface area (Å²) in [6.07, 6.45) is 1.32. The van der Waals surface area contributed by atoms with Crippen LogP contribution in [0, 0.1) is 0 Å². The van der Waals surface area contributed by atoms with Gasteiger partial charge in [-0.15, -0.1) is 0 Å². The number of rotatable bonds is 7. The second-order valence-corrected chi connectivity index (χ2v) is 10.1. The lowest BCUT2D eigenvalue weighted by molar-refractivity contribution is 0.109. The SMILES string of the molecule is CCOc1ccccc1N1CCN(CC(O)c2ccc3c(c2)CCN3S(C)(=O)=O)CC1. The second kappa shape index (κ2) is 9.06. The quantitative estimate of drug-likeness (QED) is 0.705. The molecule has 2 aromatic carbocycles. The molecule has 31 heavy (non-hydrogen) atoms. The lowest BCUT2D eigenvalue weighted by atomic mass is 10.0. The highest BCUT2D eigenvalue weighted by molar-refractivity contribution is 7.92. The van der Waals surface area contributed by atoms with Crippen LogP contribution in [0.15, 0.2) is 42.5 Å². The zero-order chi connectivity index (χ0) is 22.0. The van der Waals surface area contributed by atoms with Crippen LogP contribution in [0.5, 0.6) is 5.75 Å². The molecule has 1 saturated heterocycles. The van der Waals surface area contributed by atoms with Crippen molar-refractivity contribution in [3.05, 3.63) is 53.6 Å². The number of para-hydroxylation sites is 2. The molecule has 7 nitrogen and oxygen atoms in total. The van der Waals surface area contributed by atoms with E-state index in [0.29, 0.717) is 26.1 Å².